The number of aliphatic hydroxyl groups excluding tert-OH is 2. The molecule has 1 rings (SSSR count). The van der Waals surface area contributed by atoms with Gasteiger partial charge in [0.25, 0.3) is 0 Å². The van der Waals surface area contributed by atoms with Crippen LogP contribution >= 0.6 is 27.5 Å². The predicted molar refractivity (Wildman–Crippen MR) is 60.8 cm³/mol. The molecule has 0 aliphatic rings. The number of hydrogen-bond acceptors (Lipinski definition) is 2. The predicted octanol–water partition coefficient (Wildman–Crippen LogP) is 2.66. The zero-order valence-corrected chi connectivity index (χ0v) is 10.2. The zero-order valence-electron chi connectivity index (χ0n) is 7.83. The molecule has 1 aromatic rings. The standard InChI is InChI=1S/C10H11BrClFO2/c11-4-3-9(14)10(15)7-2-1-6(13)5-8(7)12/h1-2,5,9-10,14-15H,3-4H2. The maximum atomic E-state index is 12.7. The van der Waals surface area contributed by atoms with Gasteiger partial charge in [-0.05, 0) is 18.6 Å². The summed E-state index contributed by atoms with van der Waals surface area (Å²) < 4.78 is 12.7. The van der Waals surface area contributed by atoms with Crippen molar-refractivity contribution in [3.63, 3.8) is 0 Å². The molecule has 2 atom stereocenters. The molecule has 0 fully saturated rings. The van der Waals surface area contributed by atoms with E-state index in [-0.39, 0.29) is 5.02 Å². The van der Waals surface area contributed by atoms with Gasteiger partial charge in [-0.1, -0.05) is 33.6 Å². The van der Waals surface area contributed by atoms with Crippen LogP contribution in [0.1, 0.15) is 18.1 Å². The van der Waals surface area contributed by atoms with Crippen LogP contribution in [0.5, 0.6) is 0 Å². The summed E-state index contributed by atoms with van der Waals surface area (Å²) in [5, 5.41) is 19.9. The first-order chi connectivity index (χ1) is 7.06. The van der Waals surface area contributed by atoms with Crippen LogP contribution in [0.2, 0.25) is 5.02 Å². The third-order valence-electron chi connectivity index (χ3n) is 2.05. The second-order valence-corrected chi connectivity index (χ2v) is 4.36. The summed E-state index contributed by atoms with van der Waals surface area (Å²) in [6.45, 7) is 0. The number of rotatable bonds is 4. The molecule has 0 bridgehead atoms. The molecule has 0 aromatic heterocycles. The number of hydrogen-bond donors (Lipinski definition) is 2. The van der Waals surface area contributed by atoms with Crippen molar-refractivity contribution in [3.05, 3.63) is 34.6 Å². The lowest BCUT2D eigenvalue weighted by molar-refractivity contribution is 0.0174. The first-order valence-corrected chi connectivity index (χ1v) is 5.93. The van der Waals surface area contributed by atoms with Crippen molar-refractivity contribution in [2.24, 2.45) is 0 Å². The molecule has 2 nitrogen and oxygen atoms in total. The largest absolute Gasteiger partial charge is 0.390 e. The molecule has 5 heteroatoms. The van der Waals surface area contributed by atoms with Gasteiger partial charge in [0.15, 0.2) is 0 Å². The molecule has 2 unspecified atom stereocenters. The van der Waals surface area contributed by atoms with E-state index in [1.165, 1.54) is 12.1 Å². The van der Waals surface area contributed by atoms with E-state index in [2.05, 4.69) is 15.9 Å². The van der Waals surface area contributed by atoms with E-state index in [0.717, 1.165) is 6.07 Å². The molecular weight excluding hydrogens is 286 g/mol. The van der Waals surface area contributed by atoms with Crippen LogP contribution in [-0.2, 0) is 0 Å². The SMILES string of the molecule is OC(CCBr)C(O)c1ccc(F)cc1Cl. The van der Waals surface area contributed by atoms with E-state index in [9.17, 15) is 14.6 Å². The van der Waals surface area contributed by atoms with Gasteiger partial charge in [-0.2, -0.15) is 0 Å². The van der Waals surface area contributed by atoms with Crippen LogP contribution in [0.3, 0.4) is 0 Å². The molecule has 0 heterocycles. The molecule has 0 spiro atoms. The monoisotopic (exact) mass is 296 g/mol. The van der Waals surface area contributed by atoms with E-state index < -0.39 is 18.0 Å². The maximum absolute atomic E-state index is 12.7. The fraction of sp³-hybridized carbons (Fsp3) is 0.400. The van der Waals surface area contributed by atoms with Gasteiger partial charge < -0.3 is 10.2 Å². The van der Waals surface area contributed by atoms with Gasteiger partial charge in [-0.15, -0.1) is 0 Å². The van der Waals surface area contributed by atoms with E-state index in [1.807, 2.05) is 0 Å². The summed E-state index contributed by atoms with van der Waals surface area (Å²) in [6.07, 6.45) is -1.60. The second kappa shape index (κ2) is 5.80. The first kappa shape index (κ1) is 12.9. The Balaban J connectivity index is 2.86. The van der Waals surface area contributed by atoms with E-state index in [1.54, 1.807) is 0 Å². The van der Waals surface area contributed by atoms with Crippen LogP contribution < -0.4 is 0 Å². The van der Waals surface area contributed by atoms with Crippen molar-refractivity contribution in [2.45, 2.75) is 18.6 Å². The minimum atomic E-state index is -1.09. The van der Waals surface area contributed by atoms with Crippen molar-refractivity contribution in [2.75, 3.05) is 5.33 Å². The summed E-state index contributed by atoms with van der Waals surface area (Å²) in [5.74, 6) is -0.467. The summed E-state index contributed by atoms with van der Waals surface area (Å²) >= 11 is 8.90. The molecule has 0 amide bonds. The molecular formula is C10H11BrClFO2. The summed E-state index contributed by atoms with van der Waals surface area (Å²) in [7, 11) is 0. The van der Waals surface area contributed by atoms with Gasteiger partial charge in [0.2, 0.25) is 0 Å². The van der Waals surface area contributed by atoms with Crippen molar-refractivity contribution < 1.29 is 14.6 Å². The molecule has 0 aliphatic heterocycles. The second-order valence-electron chi connectivity index (χ2n) is 3.16. The Bertz CT molecular complexity index is 335. The molecule has 0 saturated heterocycles. The van der Waals surface area contributed by atoms with Crippen LogP contribution in [0.4, 0.5) is 4.39 Å². The fourth-order valence-electron chi connectivity index (χ4n) is 1.22. The smallest absolute Gasteiger partial charge is 0.124 e. The Morgan fingerprint density at radius 1 is 1.40 bits per heavy atom. The van der Waals surface area contributed by atoms with Gasteiger partial charge in [0, 0.05) is 15.9 Å². The zero-order chi connectivity index (χ0) is 11.4. The highest BCUT2D eigenvalue weighted by Gasteiger charge is 2.20. The van der Waals surface area contributed by atoms with E-state index in [4.69, 9.17) is 11.6 Å². The fourth-order valence-corrected chi connectivity index (χ4v) is 1.97. The summed E-state index contributed by atoms with van der Waals surface area (Å²) in [6, 6.07) is 3.69. The van der Waals surface area contributed by atoms with Crippen molar-refractivity contribution in [1.29, 1.82) is 0 Å². The van der Waals surface area contributed by atoms with Crippen LogP contribution in [0, 0.1) is 5.82 Å². The molecule has 0 saturated carbocycles. The van der Waals surface area contributed by atoms with Gasteiger partial charge in [-0.25, -0.2) is 4.39 Å². The average molecular weight is 298 g/mol. The minimum Gasteiger partial charge on any atom is -0.390 e. The van der Waals surface area contributed by atoms with E-state index in [0.29, 0.717) is 17.3 Å². The summed E-state index contributed by atoms with van der Waals surface area (Å²) in [4.78, 5) is 0. The van der Waals surface area contributed by atoms with Crippen LogP contribution in [0.15, 0.2) is 18.2 Å². The number of aliphatic hydroxyl groups is 2. The topological polar surface area (TPSA) is 40.5 Å². The summed E-state index contributed by atoms with van der Waals surface area (Å²) in [5.41, 5.74) is 0.339. The van der Waals surface area contributed by atoms with Gasteiger partial charge >= 0.3 is 0 Å². The van der Waals surface area contributed by atoms with Gasteiger partial charge in [0.1, 0.15) is 11.9 Å². The highest BCUT2D eigenvalue weighted by molar-refractivity contribution is 9.09. The molecule has 15 heavy (non-hydrogen) atoms. The number of alkyl halides is 1. The van der Waals surface area contributed by atoms with Crippen molar-refractivity contribution in [3.8, 4) is 0 Å². The highest BCUT2D eigenvalue weighted by atomic mass is 79.9. The average Bonchev–Trinajstić information content (AvgIpc) is 2.17. The Morgan fingerprint density at radius 3 is 2.60 bits per heavy atom. The Morgan fingerprint density at radius 2 is 2.07 bits per heavy atom. The molecule has 2 N–H and O–H groups in total. The lowest BCUT2D eigenvalue weighted by Crippen LogP contribution is -2.18. The lowest BCUT2D eigenvalue weighted by atomic mass is 10.0. The minimum absolute atomic E-state index is 0.121. The Kier molecular flexibility index (Phi) is 4.99. The first-order valence-electron chi connectivity index (χ1n) is 4.43. The van der Waals surface area contributed by atoms with Crippen molar-refractivity contribution >= 4 is 27.5 Å². The lowest BCUT2D eigenvalue weighted by Gasteiger charge is -2.18. The van der Waals surface area contributed by atoms with Gasteiger partial charge in [0.05, 0.1) is 6.10 Å². The molecule has 0 aliphatic carbocycles. The number of halogens is 3. The van der Waals surface area contributed by atoms with Crippen LogP contribution in [0.25, 0.3) is 0 Å². The highest BCUT2D eigenvalue weighted by Crippen LogP contribution is 2.27. The number of benzene rings is 1. The normalized spacial score (nSPS) is 15.0. The third kappa shape index (κ3) is 3.41. The molecule has 1 aromatic carbocycles. The molecule has 84 valence electrons. The Labute approximate surface area is 101 Å². The maximum Gasteiger partial charge on any atom is 0.124 e. The quantitative estimate of drug-likeness (QED) is 0.839. The third-order valence-corrected chi connectivity index (χ3v) is 2.84. The molecule has 0 radical (unpaired) electrons. The Hall–Kier alpha value is -0.160. The van der Waals surface area contributed by atoms with E-state index >= 15 is 0 Å². The van der Waals surface area contributed by atoms with Crippen molar-refractivity contribution in [1.82, 2.24) is 0 Å². The van der Waals surface area contributed by atoms with Gasteiger partial charge in [-0.3, -0.25) is 0 Å². The van der Waals surface area contributed by atoms with Crippen LogP contribution in [-0.4, -0.2) is 21.6 Å².